The highest BCUT2D eigenvalue weighted by molar-refractivity contribution is 7.89. The molecule has 2 N–H and O–H groups in total. The Bertz CT molecular complexity index is 1180. The molecule has 156 valence electrons. The van der Waals surface area contributed by atoms with Gasteiger partial charge >= 0.3 is 0 Å². The Morgan fingerprint density at radius 3 is 2.33 bits per heavy atom. The summed E-state index contributed by atoms with van der Waals surface area (Å²) >= 11 is 0. The molecule has 3 aromatic carbocycles. The molecule has 0 saturated carbocycles. The van der Waals surface area contributed by atoms with E-state index >= 15 is 0 Å². The van der Waals surface area contributed by atoms with Crippen LogP contribution in [0.5, 0.6) is 0 Å². The first-order valence-corrected chi connectivity index (χ1v) is 10.4. The molecular weight excluding hydrogens is 410 g/mol. The van der Waals surface area contributed by atoms with Crippen LogP contribution in [0.2, 0.25) is 0 Å². The normalized spacial score (nSPS) is 11.5. The molecule has 9 nitrogen and oxygen atoms in total. The van der Waals surface area contributed by atoms with Crippen molar-refractivity contribution in [2.45, 2.75) is 17.9 Å². The topological polar surface area (TPSA) is 130 Å². The third-order valence-corrected chi connectivity index (χ3v) is 6.42. The van der Waals surface area contributed by atoms with Gasteiger partial charge < -0.3 is 0 Å². The van der Waals surface area contributed by atoms with Crippen molar-refractivity contribution < 1.29 is 23.3 Å². The van der Waals surface area contributed by atoms with Crippen molar-refractivity contribution in [3.63, 3.8) is 0 Å². The molecule has 1 amide bonds. The van der Waals surface area contributed by atoms with E-state index in [1.54, 1.807) is 24.3 Å². The summed E-state index contributed by atoms with van der Waals surface area (Å²) in [6.45, 7) is -0.273. The van der Waals surface area contributed by atoms with E-state index in [0.29, 0.717) is 5.56 Å². The second kappa shape index (κ2) is 8.99. The number of rotatable bonds is 8. The minimum absolute atomic E-state index is 0.0625. The minimum atomic E-state index is -3.98. The SMILES string of the molecule is O=C(CCN(Cc1ccc([N+](=O)[O-])cc1)S(=O)(=O)c1ccc2ccccc2c1)NO. The molecule has 0 bridgehead atoms. The minimum Gasteiger partial charge on any atom is -0.289 e. The Morgan fingerprint density at radius 1 is 1.03 bits per heavy atom. The first kappa shape index (κ1) is 21.4. The van der Waals surface area contributed by atoms with Gasteiger partial charge in [-0.3, -0.25) is 20.1 Å². The number of fused-ring (bicyclic) bond motifs is 1. The van der Waals surface area contributed by atoms with Crippen molar-refractivity contribution >= 4 is 32.4 Å². The highest BCUT2D eigenvalue weighted by Gasteiger charge is 2.26. The number of hydrogen-bond donors (Lipinski definition) is 2. The molecule has 0 aliphatic rings. The molecule has 0 aliphatic heterocycles. The summed E-state index contributed by atoms with van der Waals surface area (Å²) in [4.78, 5) is 21.8. The maximum Gasteiger partial charge on any atom is 0.269 e. The number of benzene rings is 3. The maximum absolute atomic E-state index is 13.3. The van der Waals surface area contributed by atoms with Crippen LogP contribution >= 0.6 is 0 Å². The Hall–Kier alpha value is -3.34. The van der Waals surface area contributed by atoms with Gasteiger partial charge in [0.05, 0.1) is 9.82 Å². The van der Waals surface area contributed by atoms with Gasteiger partial charge in [0.2, 0.25) is 15.9 Å². The number of carbonyl (C=O) groups excluding carboxylic acids is 1. The van der Waals surface area contributed by atoms with E-state index < -0.39 is 20.9 Å². The smallest absolute Gasteiger partial charge is 0.269 e. The fourth-order valence-electron chi connectivity index (χ4n) is 2.97. The highest BCUT2D eigenvalue weighted by Crippen LogP contribution is 2.24. The molecule has 3 aromatic rings. The lowest BCUT2D eigenvalue weighted by molar-refractivity contribution is -0.384. The van der Waals surface area contributed by atoms with E-state index in [0.717, 1.165) is 15.1 Å². The number of carbonyl (C=O) groups is 1. The summed E-state index contributed by atoms with van der Waals surface area (Å²) in [6.07, 6.45) is -0.254. The second-order valence-electron chi connectivity index (χ2n) is 6.56. The van der Waals surface area contributed by atoms with Crippen molar-refractivity contribution in [3.8, 4) is 0 Å². The van der Waals surface area contributed by atoms with Crippen molar-refractivity contribution in [1.29, 1.82) is 0 Å². The van der Waals surface area contributed by atoms with Gasteiger partial charge in [-0.05, 0) is 28.5 Å². The van der Waals surface area contributed by atoms with Crippen molar-refractivity contribution in [1.82, 2.24) is 9.79 Å². The Kier molecular flexibility index (Phi) is 6.40. The zero-order valence-corrected chi connectivity index (χ0v) is 16.6. The largest absolute Gasteiger partial charge is 0.289 e. The van der Waals surface area contributed by atoms with Gasteiger partial charge in [0.1, 0.15) is 0 Å². The number of hydroxylamine groups is 1. The predicted octanol–water partition coefficient (Wildman–Crippen LogP) is 2.83. The van der Waals surface area contributed by atoms with E-state index in [4.69, 9.17) is 5.21 Å². The monoisotopic (exact) mass is 429 g/mol. The van der Waals surface area contributed by atoms with Crippen molar-refractivity contribution in [2.24, 2.45) is 0 Å². The van der Waals surface area contributed by atoms with Gasteiger partial charge in [-0.2, -0.15) is 4.31 Å². The molecule has 10 heteroatoms. The Morgan fingerprint density at radius 2 is 1.70 bits per heavy atom. The first-order valence-electron chi connectivity index (χ1n) is 8.96. The number of sulfonamides is 1. The highest BCUT2D eigenvalue weighted by atomic mass is 32.2. The zero-order valence-electron chi connectivity index (χ0n) is 15.8. The number of non-ortho nitro benzene ring substituents is 1. The molecule has 0 fully saturated rings. The maximum atomic E-state index is 13.3. The molecule has 3 rings (SSSR count). The van der Waals surface area contributed by atoms with E-state index in [1.165, 1.54) is 35.8 Å². The molecule has 0 atom stereocenters. The van der Waals surface area contributed by atoms with Gasteiger partial charge in [-0.15, -0.1) is 0 Å². The molecule has 0 saturated heterocycles. The van der Waals surface area contributed by atoms with Crippen LogP contribution < -0.4 is 5.48 Å². The predicted molar refractivity (Wildman–Crippen MR) is 109 cm³/mol. The quantitative estimate of drug-likeness (QED) is 0.322. The lowest BCUT2D eigenvalue weighted by atomic mass is 10.1. The van der Waals surface area contributed by atoms with Crippen LogP contribution in [-0.4, -0.2) is 35.3 Å². The molecule has 0 heterocycles. The lowest BCUT2D eigenvalue weighted by Crippen LogP contribution is -2.34. The summed E-state index contributed by atoms with van der Waals surface area (Å²) in [7, 11) is -3.98. The molecular formula is C20H19N3O6S. The summed E-state index contributed by atoms with van der Waals surface area (Å²) in [6, 6.07) is 17.6. The van der Waals surface area contributed by atoms with Crippen molar-refractivity contribution in [2.75, 3.05) is 6.54 Å². The number of nitro groups is 1. The summed E-state index contributed by atoms with van der Waals surface area (Å²) in [5.41, 5.74) is 1.90. The fourth-order valence-corrected chi connectivity index (χ4v) is 4.43. The number of hydrogen-bond acceptors (Lipinski definition) is 6. The van der Waals surface area contributed by atoms with Crippen LogP contribution in [0.4, 0.5) is 5.69 Å². The first-order chi connectivity index (χ1) is 14.3. The van der Waals surface area contributed by atoms with E-state index in [1.807, 2.05) is 12.1 Å². The van der Waals surface area contributed by atoms with Crippen molar-refractivity contribution in [3.05, 3.63) is 82.4 Å². The van der Waals surface area contributed by atoms with E-state index in [9.17, 15) is 23.3 Å². The summed E-state index contributed by atoms with van der Waals surface area (Å²) in [5, 5.41) is 21.2. The second-order valence-corrected chi connectivity index (χ2v) is 8.49. The number of nitro benzene ring substituents is 1. The molecule has 0 spiro atoms. The van der Waals surface area contributed by atoms with E-state index in [-0.39, 0.29) is 30.1 Å². The Balaban J connectivity index is 1.94. The number of amides is 1. The van der Waals surface area contributed by atoms with Gasteiger partial charge in [-0.25, -0.2) is 13.9 Å². The van der Waals surface area contributed by atoms with Crippen LogP contribution in [0.1, 0.15) is 12.0 Å². The van der Waals surface area contributed by atoms with Crippen LogP contribution in [0.25, 0.3) is 10.8 Å². The summed E-state index contributed by atoms with van der Waals surface area (Å²) < 4.78 is 27.7. The third kappa shape index (κ3) is 4.79. The lowest BCUT2D eigenvalue weighted by Gasteiger charge is -2.22. The fraction of sp³-hybridized carbons (Fsp3) is 0.150. The van der Waals surface area contributed by atoms with E-state index in [2.05, 4.69) is 0 Å². The van der Waals surface area contributed by atoms with Gasteiger partial charge in [0.25, 0.3) is 5.69 Å². The standard InChI is InChI=1S/C20H19N3O6S/c24-20(21-25)11-12-22(14-15-5-8-18(9-6-15)23(26)27)30(28,29)19-10-7-16-3-1-2-4-17(16)13-19/h1-10,13,25H,11-12,14H2,(H,21,24). The Labute approximate surface area is 172 Å². The molecule has 0 aliphatic carbocycles. The zero-order chi connectivity index (χ0) is 21.7. The molecule has 0 unspecified atom stereocenters. The summed E-state index contributed by atoms with van der Waals surface area (Å²) in [5.74, 6) is -0.725. The van der Waals surface area contributed by atoms with Crippen LogP contribution in [0.3, 0.4) is 0 Å². The number of nitrogens with one attached hydrogen (secondary N) is 1. The molecule has 0 aromatic heterocycles. The average molecular weight is 429 g/mol. The number of nitrogens with zero attached hydrogens (tertiary/aromatic N) is 2. The van der Waals surface area contributed by atoms with Crippen LogP contribution in [0, 0.1) is 10.1 Å². The van der Waals surface area contributed by atoms with Gasteiger partial charge in [0, 0.05) is 31.6 Å². The third-order valence-electron chi connectivity index (χ3n) is 4.58. The van der Waals surface area contributed by atoms with Gasteiger partial charge in [-0.1, -0.05) is 42.5 Å². The molecule has 30 heavy (non-hydrogen) atoms. The van der Waals surface area contributed by atoms with Crippen LogP contribution in [0.15, 0.2) is 71.6 Å². The van der Waals surface area contributed by atoms with Crippen LogP contribution in [-0.2, 0) is 21.4 Å². The average Bonchev–Trinajstić information content (AvgIpc) is 2.76. The van der Waals surface area contributed by atoms with Gasteiger partial charge in [0.15, 0.2) is 0 Å². The molecule has 0 radical (unpaired) electrons.